The van der Waals surface area contributed by atoms with Crippen molar-refractivity contribution in [2.75, 3.05) is 51.2 Å². The number of Topliss-reactive ketones (excluding diaryl/α,β-unsaturated/α-hetero) is 1. The predicted octanol–water partition coefficient (Wildman–Crippen LogP) is 2.37. The van der Waals surface area contributed by atoms with Crippen LogP contribution in [0.1, 0.15) is 69.4 Å². The fraction of sp³-hybridized carbons (Fsp3) is 0.529. The van der Waals surface area contributed by atoms with E-state index in [-0.39, 0.29) is 19.0 Å². The van der Waals surface area contributed by atoms with Crippen LogP contribution in [0.15, 0.2) is 42.6 Å². The molecule has 46 heavy (non-hydrogen) atoms. The molecule has 1 atom stereocenters. The maximum absolute atomic E-state index is 12.4. The Kier molecular flexibility index (Phi) is 15.8. The molecule has 0 unspecified atom stereocenters. The number of nitrogens with zero attached hydrogens (tertiary/aromatic N) is 4. The lowest BCUT2D eigenvalue weighted by molar-refractivity contribution is -0.138. The first-order chi connectivity index (χ1) is 21.9. The fourth-order valence-electron chi connectivity index (χ4n) is 4.39. The Morgan fingerprint density at radius 1 is 0.913 bits per heavy atom. The van der Waals surface area contributed by atoms with Crippen molar-refractivity contribution in [1.82, 2.24) is 30.7 Å². The first-order valence-corrected chi connectivity index (χ1v) is 16.0. The Labute approximate surface area is 273 Å². The molecule has 4 rings (SSSR count). The molecule has 12 nitrogen and oxygen atoms in total. The average Bonchev–Trinajstić information content (AvgIpc) is 3.33. The number of carbonyl (C=O) groups is 5. The van der Waals surface area contributed by atoms with E-state index < -0.39 is 36.1 Å². The molecule has 0 bridgehead atoms. The Hall–Kier alpha value is -4.32. The van der Waals surface area contributed by atoms with Gasteiger partial charge in [0.25, 0.3) is 11.8 Å². The summed E-state index contributed by atoms with van der Waals surface area (Å²) in [5.74, 6) is -1.31. The number of piperazine rings is 1. The second-order valence-corrected chi connectivity index (χ2v) is 12.2. The zero-order chi connectivity index (χ0) is 34.2. The Morgan fingerprint density at radius 3 is 2.13 bits per heavy atom. The van der Waals surface area contributed by atoms with Gasteiger partial charge in [0.15, 0.2) is 0 Å². The smallest absolute Gasteiger partial charge is 0.289 e. The second-order valence-electron chi connectivity index (χ2n) is 12.2. The van der Waals surface area contributed by atoms with E-state index in [1.807, 2.05) is 24.3 Å². The van der Waals surface area contributed by atoms with E-state index >= 15 is 0 Å². The number of benzene rings is 1. The number of likely N-dealkylation sites (N-methyl/N-ethyl adjacent to an activating group) is 1. The van der Waals surface area contributed by atoms with Crippen molar-refractivity contribution in [2.24, 2.45) is 5.92 Å². The molecule has 1 aromatic heterocycles. The predicted molar refractivity (Wildman–Crippen MR) is 179 cm³/mol. The highest BCUT2D eigenvalue weighted by Crippen LogP contribution is 2.21. The van der Waals surface area contributed by atoms with Gasteiger partial charge in [-0.2, -0.15) is 0 Å². The summed E-state index contributed by atoms with van der Waals surface area (Å²) in [7, 11) is 2.08. The maximum atomic E-state index is 12.4. The van der Waals surface area contributed by atoms with E-state index in [1.54, 1.807) is 18.3 Å². The third-order valence-electron chi connectivity index (χ3n) is 6.77. The largest absolute Gasteiger partial charge is 0.354 e. The lowest BCUT2D eigenvalue weighted by Crippen LogP contribution is -2.49. The lowest BCUT2D eigenvalue weighted by Gasteiger charge is -2.33. The molecule has 3 N–H and O–H groups in total. The standard InChI is InChI=1S/C27H33N7O5.C4H10.C3H8/c1-18(31-24(36)17-34-16-20-5-3-4-6-21(20)27(34)39)25(37)30-15-22(35)26(38)29-14-19-7-8-23(28-13-19)33-11-9-32(2)10-12-33;1-4(2)3;1-3-2/h3-8,13,18H,9-12,14-17H2,1-2H3,(H,29,38)(H,30,37)(H,31,36);4H,1-3H3;3H2,1-2H3/t18-;;/m0../s1. The molecule has 4 amide bonds. The van der Waals surface area contributed by atoms with Gasteiger partial charge in [-0.05, 0) is 43.1 Å². The minimum absolute atomic E-state index is 0.125. The van der Waals surface area contributed by atoms with Crippen LogP contribution in [0.3, 0.4) is 0 Å². The quantitative estimate of drug-likeness (QED) is 0.337. The van der Waals surface area contributed by atoms with E-state index in [9.17, 15) is 24.0 Å². The van der Waals surface area contributed by atoms with Gasteiger partial charge in [-0.1, -0.05) is 65.3 Å². The minimum Gasteiger partial charge on any atom is -0.354 e. The molecule has 1 saturated heterocycles. The van der Waals surface area contributed by atoms with Gasteiger partial charge in [-0.15, -0.1) is 0 Å². The third kappa shape index (κ3) is 12.6. The van der Waals surface area contributed by atoms with Crippen LogP contribution in [0.4, 0.5) is 5.82 Å². The molecule has 2 aliphatic heterocycles. The highest BCUT2D eigenvalue weighted by Gasteiger charge is 2.29. The molecule has 0 radical (unpaired) electrons. The topological polar surface area (TPSA) is 144 Å². The van der Waals surface area contributed by atoms with Crippen LogP contribution in [0.2, 0.25) is 0 Å². The molecule has 0 spiro atoms. The van der Waals surface area contributed by atoms with Crippen molar-refractivity contribution in [3.05, 3.63) is 59.3 Å². The van der Waals surface area contributed by atoms with Crippen LogP contribution < -0.4 is 20.9 Å². The number of hydrogen-bond acceptors (Lipinski definition) is 8. The molecule has 1 fully saturated rings. The van der Waals surface area contributed by atoms with E-state index in [0.29, 0.717) is 12.1 Å². The number of anilines is 1. The lowest BCUT2D eigenvalue weighted by atomic mass is 10.1. The van der Waals surface area contributed by atoms with Gasteiger partial charge >= 0.3 is 0 Å². The van der Waals surface area contributed by atoms with Gasteiger partial charge < -0.3 is 30.7 Å². The number of carbonyl (C=O) groups excluding carboxylic acids is 5. The average molecular weight is 638 g/mol. The van der Waals surface area contributed by atoms with Gasteiger partial charge in [0.05, 0.1) is 6.54 Å². The Balaban J connectivity index is 0.000000958. The van der Waals surface area contributed by atoms with Gasteiger partial charge in [0.1, 0.15) is 18.4 Å². The normalized spacial score (nSPS) is 14.7. The van der Waals surface area contributed by atoms with Gasteiger partial charge in [-0.3, -0.25) is 24.0 Å². The summed E-state index contributed by atoms with van der Waals surface area (Å²) < 4.78 is 0. The van der Waals surface area contributed by atoms with Crippen molar-refractivity contribution in [2.45, 2.75) is 67.1 Å². The van der Waals surface area contributed by atoms with E-state index in [0.717, 1.165) is 49.0 Å². The van der Waals surface area contributed by atoms with E-state index in [4.69, 9.17) is 0 Å². The summed E-state index contributed by atoms with van der Waals surface area (Å²) in [4.78, 5) is 71.8. The zero-order valence-electron chi connectivity index (χ0n) is 28.4. The van der Waals surface area contributed by atoms with E-state index in [2.05, 4.69) is 72.4 Å². The fourth-order valence-corrected chi connectivity index (χ4v) is 4.39. The summed E-state index contributed by atoms with van der Waals surface area (Å²) >= 11 is 0. The summed E-state index contributed by atoms with van der Waals surface area (Å²) in [6.07, 6.45) is 2.92. The third-order valence-corrected chi connectivity index (χ3v) is 6.77. The van der Waals surface area contributed by atoms with Crippen LogP contribution in [-0.2, 0) is 32.3 Å². The van der Waals surface area contributed by atoms with Crippen molar-refractivity contribution in [3.8, 4) is 0 Å². The number of rotatable bonds is 10. The highest BCUT2D eigenvalue weighted by molar-refractivity contribution is 6.37. The van der Waals surface area contributed by atoms with Crippen LogP contribution in [0.5, 0.6) is 0 Å². The second kappa shape index (κ2) is 19.3. The molecule has 0 aliphatic carbocycles. The monoisotopic (exact) mass is 637 g/mol. The number of fused-ring (bicyclic) bond motifs is 1. The van der Waals surface area contributed by atoms with Gasteiger partial charge in [0, 0.05) is 51.0 Å². The van der Waals surface area contributed by atoms with Gasteiger partial charge in [-0.25, -0.2) is 4.98 Å². The van der Waals surface area contributed by atoms with Crippen LogP contribution >= 0.6 is 0 Å². The Bertz CT molecular complexity index is 1300. The van der Waals surface area contributed by atoms with Crippen molar-refractivity contribution >= 4 is 35.2 Å². The molecule has 2 aromatic rings. The highest BCUT2D eigenvalue weighted by atomic mass is 16.2. The number of nitrogens with one attached hydrogen (secondary N) is 3. The number of amides is 4. The summed E-state index contributed by atoms with van der Waals surface area (Å²) in [5, 5.41) is 7.41. The van der Waals surface area contributed by atoms with Crippen molar-refractivity contribution < 1.29 is 24.0 Å². The molecule has 1 aromatic carbocycles. The molecule has 252 valence electrons. The molecular formula is C34H51N7O5. The summed E-state index contributed by atoms with van der Waals surface area (Å²) in [6, 6.07) is 9.91. The maximum Gasteiger partial charge on any atom is 0.289 e. The number of aromatic nitrogens is 1. The number of ketones is 1. The Morgan fingerprint density at radius 2 is 1.54 bits per heavy atom. The van der Waals surface area contributed by atoms with Crippen LogP contribution in [-0.4, -0.2) is 96.6 Å². The molecule has 12 heteroatoms. The summed E-state index contributed by atoms with van der Waals surface area (Å²) in [6.45, 7) is 15.7. The first-order valence-electron chi connectivity index (χ1n) is 16.0. The zero-order valence-corrected chi connectivity index (χ0v) is 28.4. The first kappa shape index (κ1) is 37.9. The van der Waals surface area contributed by atoms with Crippen molar-refractivity contribution in [3.63, 3.8) is 0 Å². The van der Waals surface area contributed by atoms with Crippen LogP contribution in [0, 0.1) is 5.92 Å². The summed E-state index contributed by atoms with van der Waals surface area (Å²) in [5.41, 5.74) is 2.15. The molecule has 3 heterocycles. The minimum atomic E-state index is -0.960. The van der Waals surface area contributed by atoms with Crippen LogP contribution in [0.25, 0.3) is 0 Å². The number of hydrogen-bond donors (Lipinski definition) is 3. The van der Waals surface area contributed by atoms with Crippen molar-refractivity contribution in [1.29, 1.82) is 0 Å². The molecular weight excluding hydrogens is 586 g/mol. The SMILES string of the molecule is CC(C)C.CCC.C[C@H](NC(=O)CN1Cc2ccccc2C1=O)C(=O)NCC(=O)C(=O)NCc1ccc(N2CCN(C)CC2)nc1. The van der Waals surface area contributed by atoms with Gasteiger partial charge in [0.2, 0.25) is 17.6 Å². The number of pyridine rings is 1. The molecule has 2 aliphatic rings. The van der Waals surface area contributed by atoms with E-state index in [1.165, 1.54) is 18.2 Å². The molecule has 0 saturated carbocycles.